The van der Waals surface area contributed by atoms with Crippen molar-refractivity contribution in [3.05, 3.63) is 36.5 Å². The fourth-order valence-corrected chi connectivity index (χ4v) is 9.35. The van der Waals surface area contributed by atoms with Gasteiger partial charge >= 0.3 is 17.9 Å². The Balaban J connectivity index is 4.25. The van der Waals surface area contributed by atoms with Gasteiger partial charge in [-0.1, -0.05) is 282 Å². The fraction of sp³-hybridized carbons (Fsp3) is 0.862. The highest BCUT2D eigenvalue weighted by Crippen LogP contribution is 2.17. The predicted molar refractivity (Wildman–Crippen MR) is 307 cm³/mol. The number of hydrogen-bond acceptors (Lipinski definition) is 6. The molecule has 0 heterocycles. The third-order valence-electron chi connectivity index (χ3n) is 14.1. The second kappa shape index (κ2) is 60.2. The van der Waals surface area contributed by atoms with Gasteiger partial charge in [-0.25, -0.2) is 0 Å². The van der Waals surface area contributed by atoms with E-state index in [4.69, 9.17) is 14.2 Å². The molecule has 0 aromatic carbocycles. The van der Waals surface area contributed by atoms with Gasteiger partial charge in [-0.3, -0.25) is 14.4 Å². The molecule has 0 bridgehead atoms. The van der Waals surface area contributed by atoms with Crippen molar-refractivity contribution >= 4 is 17.9 Å². The number of hydrogen-bond donors (Lipinski definition) is 0. The molecule has 0 spiro atoms. The predicted octanol–water partition coefficient (Wildman–Crippen LogP) is 21.2. The highest BCUT2D eigenvalue weighted by molar-refractivity contribution is 5.71. The molecule has 0 amide bonds. The molecule has 0 aromatic heterocycles. The van der Waals surface area contributed by atoms with Crippen LogP contribution in [-0.2, 0) is 28.6 Å². The van der Waals surface area contributed by atoms with E-state index in [-0.39, 0.29) is 31.1 Å². The maximum absolute atomic E-state index is 12.9. The topological polar surface area (TPSA) is 78.9 Å². The van der Waals surface area contributed by atoms with Crippen LogP contribution in [0.1, 0.15) is 342 Å². The second-order valence-electron chi connectivity index (χ2n) is 21.3. The molecule has 6 nitrogen and oxygen atoms in total. The number of ether oxygens (including phenoxy) is 3. The Kier molecular flexibility index (Phi) is 58.2. The quantitative estimate of drug-likeness (QED) is 0.0261. The first kappa shape index (κ1) is 68.6. The Labute approximate surface area is 442 Å². The van der Waals surface area contributed by atoms with Crippen LogP contribution >= 0.6 is 0 Å². The van der Waals surface area contributed by atoms with Crippen LogP contribution in [-0.4, -0.2) is 37.2 Å². The largest absolute Gasteiger partial charge is 0.462 e. The van der Waals surface area contributed by atoms with E-state index in [1.807, 2.05) is 0 Å². The van der Waals surface area contributed by atoms with Gasteiger partial charge in [0, 0.05) is 19.3 Å². The van der Waals surface area contributed by atoms with Gasteiger partial charge in [0.25, 0.3) is 0 Å². The minimum absolute atomic E-state index is 0.0699. The fourth-order valence-electron chi connectivity index (χ4n) is 9.35. The Morgan fingerprint density at radius 3 is 0.817 bits per heavy atom. The molecule has 0 fully saturated rings. The molecule has 0 aliphatic heterocycles. The van der Waals surface area contributed by atoms with E-state index in [0.29, 0.717) is 19.3 Å². The minimum atomic E-state index is -0.772. The van der Waals surface area contributed by atoms with Crippen molar-refractivity contribution < 1.29 is 28.6 Å². The smallest absolute Gasteiger partial charge is 0.306 e. The molecule has 0 rings (SSSR count). The number of carbonyl (C=O) groups excluding carboxylic acids is 3. The molecule has 0 N–H and O–H groups in total. The standard InChI is InChI=1S/C65H120O6/c1-4-7-10-13-16-19-22-24-26-28-30-31-32-33-35-36-38-40-43-46-49-52-55-58-64(67)70-61-62(60-69-63(66)57-54-51-48-45-42-21-18-15-12-9-6-3)71-65(68)59-56-53-50-47-44-41-39-37-34-29-27-25-23-20-17-14-11-8-5-2/h17,20,25,27-28,30,62H,4-16,18-19,21-24,26,29,31-61H2,1-3H3/b20-17-,27-25-,30-28-. The lowest BCUT2D eigenvalue weighted by atomic mass is 10.0. The molecular weight excluding hydrogens is 877 g/mol. The molecule has 1 unspecified atom stereocenters. The monoisotopic (exact) mass is 997 g/mol. The van der Waals surface area contributed by atoms with Crippen molar-refractivity contribution in [2.24, 2.45) is 0 Å². The number of rotatable bonds is 58. The Morgan fingerprint density at radius 2 is 0.507 bits per heavy atom. The maximum atomic E-state index is 12.9. The highest BCUT2D eigenvalue weighted by atomic mass is 16.6. The molecule has 0 aliphatic carbocycles. The van der Waals surface area contributed by atoms with Crippen molar-refractivity contribution in [3.8, 4) is 0 Å². The Bertz CT molecular complexity index is 1190. The summed E-state index contributed by atoms with van der Waals surface area (Å²) in [5, 5.41) is 0. The van der Waals surface area contributed by atoms with Gasteiger partial charge in [-0.15, -0.1) is 0 Å². The number of unbranched alkanes of at least 4 members (excludes halogenated alkanes) is 41. The van der Waals surface area contributed by atoms with Gasteiger partial charge in [0.1, 0.15) is 13.2 Å². The average Bonchev–Trinajstić information content (AvgIpc) is 3.37. The summed E-state index contributed by atoms with van der Waals surface area (Å²) in [4.78, 5) is 38.2. The number of carbonyl (C=O) groups is 3. The van der Waals surface area contributed by atoms with Crippen LogP contribution in [0.4, 0.5) is 0 Å². The van der Waals surface area contributed by atoms with E-state index >= 15 is 0 Å². The van der Waals surface area contributed by atoms with Crippen LogP contribution in [0.2, 0.25) is 0 Å². The van der Waals surface area contributed by atoms with Crippen LogP contribution in [0, 0.1) is 0 Å². The molecule has 6 heteroatoms. The van der Waals surface area contributed by atoms with Crippen LogP contribution in [0.3, 0.4) is 0 Å². The van der Waals surface area contributed by atoms with Gasteiger partial charge in [0.15, 0.2) is 6.10 Å². The van der Waals surface area contributed by atoms with Crippen LogP contribution < -0.4 is 0 Å². The molecule has 71 heavy (non-hydrogen) atoms. The molecule has 1 atom stereocenters. The lowest BCUT2D eigenvalue weighted by Crippen LogP contribution is -2.30. The number of allylic oxidation sites excluding steroid dienone is 6. The second-order valence-corrected chi connectivity index (χ2v) is 21.3. The van der Waals surface area contributed by atoms with Gasteiger partial charge in [0.2, 0.25) is 0 Å². The van der Waals surface area contributed by atoms with E-state index in [9.17, 15) is 14.4 Å². The van der Waals surface area contributed by atoms with E-state index in [1.54, 1.807) is 0 Å². The van der Waals surface area contributed by atoms with Crippen molar-refractivity contribution in [1.29, 1.82) is 0 Å². The molecule has 0 radical (unpaired) electrons. The third kappa shape index (κ3) is 58.4. The zero-order valence-electron chi connectivity index (χ0n) is 47.8. The van der Waals surface area contributed by atoms with Crippen LogP contribution in [0.15, 0.2) is 36.5 Å². The first-order chi connectivity index (χ1) is 35.0. The van der Waals surface area contributed by atoms with Crippen LogP contribution in [0.5, 0.6) is 0 Å². The van der Waals surface area contributed by atoms with Crippen LogP contribution in [0.25, 0.3) is 0 Å². The van der Waals surface area contributed by atoms with Gasteiger partial charge < -0.3 is 14.2 Å². The van der Waals surface area contributed by atoms with Crippen molar-refractivity contribution in [3.63, 3.8) is 0 Å². The molecule has 0 saturated heterocycles. The molecule has 0 saturated carbocycles. The van der Waals surface area contributed by atoms with E-state index in [1.165, 1.54) is 238 Å². The summed E-state index contributed by atoms with van der Waals surface area (Å²) in [5.74, 6) is -0.855. The summed E-state index contributed by atoms with van der Waals surface area (Å²) in [6, 6.07) is 0. The summed E-state index contributed by atoms with van der Waals surface area (Å²) in [7, 11) is 0. The molecule has 416 valence electrons. The molecule has 0 aromatic rings. The summed E-state index contributed by atoms with van der Waals surface area (Å²) >= 11 is 0. The van der Waals surface area contributed by atoms with Crippen molar-refractivity contribution in [2.75, 3.05) is 13.2 Å². The zero-order valence-corrected chi connectivity index (χ0v) is 47.8. The molecular formula is C65H120O6. The average molecular weight is 998 g/mol. The van der Waals surface area contributed by atoms with Gasteiger partial charge in [-0.2, -0.15) is 0 Å². The summed E-state index contributed by atoms with van der Waals surface area (Å²) < 4.78 is 16.9. The van der Waals surface area contributed by atoms with Gasteiger partial charge in [-0.05, 0) is 77.0 Å². The minimum Gasteiger partial charge on any atom is -0.462 e. The van der Waals surface area contributed by atoms with E-state index < -0.39 is 6.10 Å². The molecule has 0 aliphatic rings. The summed E-state index contributed by atoms with van der Waals surface area (Å²) in [6.45, 7) is 6.65. The van der Waals surface area contributed by atoms with E-state index in [2.05, 4.69) is 57.2 Å². The normalized spacial score (nSPS) is 12.2. The van der Waals surface area contributed by atoms with Gasteiger partial charge in [0.05, 0.1) is 0 Å². The Hall–Kier alpha value is -2.37. The maximum Gasteiger partial charge on any atom is 0.306 e. The van der Waals surface area contributed by atoms with Crippen molar-refractivity contribution in [1.82, 2.24) is 0 Å². The lowest BCUT2D eigenvalue weighted by Gasteiger charge is -2.18. The first-order valence-electron chi connectivity index (χ1n) is 31.5. The highest BCUT2D eigenvalue weighted by Gasteiger charge is 2.19. The first-order valence-corrected chi connectivity index (χ1v) is 31.5. The van der Waals surface area contributed by atoms with Crippen molar-refractivity contribution in [2.45, 2.75) is 348 Å². The third-order valence-corrected chi connectivity index (χ3v) is 14.1. The SMILES string of the molecule is CCCCC/C=C\C/C=C\CCCCCCCCCCCC(=O)OC(COC(=O)CCCCCCCCCCCCC)COC(=O)CCCCCCCCCCCCC/C=C\CCCCCCCCCC. The summed E-state index contributed by atoms with van der Waals surface area (Å²) in [6.07, 6.45) is 72.9. The zero-order chi connectivity index (χ0) is 51.4. The van der Waals surface area contributed by atoms with E-state index in [0.717, 1.165) is 64.2 Å². The number of esters is 3. The summed E-state index contributed by atoms with van der Waals surface area (Å²) in [5.41, 5.74) is 0. The lowest BCUT2D eigenvalue weighted by molar-refractivity contribution is -0.167. The Morgan fingerprint density at radius 1 is 0.282 bits per heavy atom.